The number of carbonyl (C=O) groups is 2. The maximum absolute atomic E-state index is 14.1. The summed E-state index contributed by atoms with van der Waals surface area (Å²) >= 11 is 0. The molecule has 1 aromatic carbocycles. The topological polar surface area (TPSA) is 90.7 Å². The Morgan fingerprint density at radius 2 is 1.56 bits per heavy atom. The number of alkyl carbamates (subject to hydrolysis) is 1. The van der Waals surface area contributed by atoms with Gasteiger partial charge in [-0.3, -0.25) is 5.32 Å². The minimum Gasteiger partial charge on any atom is -0.467 e. The normalized spacial score (nSPS) is 14.4. The molecule has 0 aliphatic rings. The molecule has 1 aromatic heterocycles. The summed E-state index contributed by atoms with van der Waals surface area (Å²) in [6.45, 7) is 4.16. The standard InChI is InChI=1S/C19H18F6N2O5/c1-16(2,3)31-15(29)26-17(14(28)30-4,19(23,24)25)13-9-12(27-32-13)10-5-7-11(8-6-10)18(20,21)22/h5-9H,1-4H3,(H,26,29). The van der Waals surface area contributed by atoms with Crippen LogP contribution in [0.5, 0.6) is 0 Å². The van der Waals surface area contributed by atoms with Crippen molar-refractivity contribution in [2.45, 2.75) is 44.3 Å². The fourth-order valence-electron chi connectivity index (χ4n) is 2.57. The predicted molar refractivity (Wildman–Crippen MR) is 96.1 cm³/mol. The summed E-state index contributed by atoms with van der Waals surface area (Å²) < 4.78 is 94.2. The molecule has 1 atom stereocenters. The van der Waals surface area contributed by atoms with Gasteiger partial charge in [-0.05, 0) is 32.9 Å². The number of alkyl halides is 6. The van der Waals surface area contributed by atoms with Gasteiger partial charge < -0.3 is 14.0 Å². The number of hydrogen-bond donors (Lipinski definition) is 1. The first-order valence-corrected chi connectivity index (χ1v) is 8.82. The van der Waals surface area contributed by atoms with Crippen molar-refractivity contribution < 1.29 is 49.9 Å². The molecule has 1 heterocycles. The Hall–Kier alpha value is -3.25. The first kappa shape index (κ1) is 25.0. The number of nitrogens with zero attached hydrogens (tertiary/aromatic N) is 1. The van der Waals surface area contributed by atoms with Crippen LogP contribution in [0, 0.1) is 0 Å². The van der Waals surface area contributed by atoms with Gasteiger partial charge in [0.25, 0.3) is 5.54 Å². The van der Waals surface area contributed by atoms with Crippen LogP contribution in [-0.4, -0.2) is 36.1 Å². The van der Waals surface area contributed by atoms with Crippen LogP contribution in [0.2, 0.25) is 0 Å². The van der Waals surface area contributed by atoms with Gasteiger partial charge in [0.2, 0.25) is 0 Å². The Kier molecular flexibility index (Phi) is 6.53. The molecule has 0 spiro atoms. The average molecular weight is 468 g/mol. The van der Waals surface area contributed by atoms with E-state index in [1.54, 1.807) is 0 Å². The molecule has 32 heavy (non-hydrogen) atoms. The highest BCUT2D eigenvalue weighted by molar-refractivity contribution is 5.88. The summed E-state index contributed by atoms with van der Waals surface area (Å²) in [5, 5.41) is 4.84. The SMILES string of the molecule is COC(=O)C(NC(=O)OC(C)(C)C)(c1cc(-c2ccc(C(F)(F)F)cc2)no1)C(F)(F)F. The van der Waals surface area contributed by atoms with Crippen molar-refractivity contribution in [1.82, 2.24) is 10.5 Å². The molecule has 0 aliphatic carbocycles. The first-order valence-electron chi connectivity index (χ1n) is 8.82. The number of amides is 1. The lowest BCUT2D eigenvalue weighted by molar-refractivity contribution is -0.218. The van der Waals surface area contributed by atoms with Crippen LogP contribution in [0.25, 0.3) is 11.3 Å². The number of carbonyl (C=O) groups excluding carboxylic acids is 2. The van der Waals surface area contributed by atoms with E-state index in [-0.39, 0.29) is 11.3 Å². The maximum Gasteiger partial charge on any atom is 0.430 e. The lowest BCUT2D eigenvalue weighted by Gasteiger charge is -2.32. The van der Waals surface area contributed by atoms with Gasteiger partial charge in [0.05, 0.1) is 12.7 Å². The van der Waals surface area contributed by atoms with Crippen molar-refractivity contribution in [1.29, 1.82) is 0 Å². The number of ether oxygens (including phenoxy) is 2. The Morgan fingerprint density at radius 1 is 1.00 bits per heavy atom. The van der Waals surface area contributed by atoms with E-state index >= 15 is 0 Å². The quantitative estimate of drug-likeness (QED) is 0.512. The second-order valence-corrected chi connectivity index (χ2v) is 7.52. The zero-order valence-electron chi connectivity index (χ0n) is 17.1. The van der Waals surface area contributed by atoms with E-state index in [0.29, 0.717) is 25.3 Å². The Morgan fingerprint density at radius 3 is 2.00 bits per heavy atom. The molecule has 0 radical (unpaired) electrons. The summed E-state index contributed by atoms with van der Waals surface area (Å²) in [6.07, 6.45) is -11.7. The van der Waals surface area contributed by atoms with Crippen LogP contribution < -0.4 is 5.32 Å². The summed E-state index contributed by atoms with van der Waals surface area (Å²) in [7, 11) is 0.659. The summed E-state index contributed by atoms with van der Waals surface area (Å²) in [5.74, 6) is -3.14. The first-order chi connectivity index (χ1) is 14.5. The Bertz CT molecular complexity index is 976. The van der Waals surface area contributed by atoms with Crippen molar-refractivity contribution in [3.8, 4) is 11.3 Å². The van der Waals surface area contributed by atoms with E-state index in [2.05, 4.69) is 9.89 Å². The number of rotatable bonds is 4. The second kappa shape index (κ2) is 8.36. The fraction of sp³-hybridized carbons (Fsp3) is 0.421. The molecule has 0 bridgehead atoms. The molecule has 2 aromatic rings. The van der Waals surface area contributed by atoms with Crippen LogP contribution in [0.15, 0.2) is 34.9 Å². The van der Waals surface area contributed by atoms with Gasteiger partial charge in [-0.1, -0.05) is 17.3 Å². The van der Waals surface area contributed by atoms with Gasteiger partial charge in [0, 0.05) is 11.6 Å². The molecular formula is C19H18F6N2O5. The van der Waals surface area contributed by atoms with Crippen LogP contribution in [-0.2, 0) is 26.0 Å². The van der Waals surface area contributed by atoms with Gasteiger partial charge in [-0.25, -0.2) is 9.59 Å². The molecule has 2 rings (SSSR count). The van der Waals surface area contributed by atoms with E-state index in [9.17, 15) is 35.9 Å². The minimum atomic E-state index is -5.48. The van der Waals surface area contributed by atoms with Crippen LogP contribution >= 0.6 is 0 Å². The number of methoxy groups -OCH3 is 1. The largest absolute Gasteiger partial charge is 0.467 e. The van der Waals surface area contributed by atoms with Crippen molar-refractivity contribution in [3.63, 3.8) is 0 Å². The van der Waals surface area contributed by atoms with Gasteiger partial charge in [-0.2, -0.15) is 26.3 Å². The highest BCUT2D eigenvalue weighted by Gasteiger charge is 2.67. The van der Waals surface area contributed by atoms with Crippen LogP contribution in [0.1, 0.15) is 32.1 Å². The zero-order chi connectivity index (χ0) is 24.5. The van der Waals surface area contributed by atoms with Gasteiger partial charge in [0.15, 0.2) is 5.76 Å². The van der Waals surface area contributed by atoms with Gasteiger partial charge in [-0.15, -0.1) is 0 Å². The van der Waals surface area contributed by atoms with Crippen molar-refractivity contribution in [2.24, 2.45) is 0 Å². The second-order valence-electron chi connectivity index (χ2n) is 7.52. The highest BCUT2D eigenvalue weighted by Crippen LogP contribution is 2.42. The smallest absolute Gasteiger partial charge is 0.430 e. The number of nitrogens with one attached hydrogen (secondary N) is 1. The molecule has 176 valence electrons. The Labute approximate surface area is 177 Å². The molecular weight excluding hydrogens is 450 g/mol. The number of esters is 1. The molecule has 7 nitrogen and oxygen atoms in total. The van der Waals surface area contributed by atoms with E-state index in [0.717, 1.165) is 12.1 Å². The molecule has 1 amide bonds. The maximum atomic E-state index is 14.1. The van der Waals surface area contributed by atoms with E-state index in [4.69, 9.17) is 9.26 Å². The number of aromatic nitrogens is 1. The van der Waals surface area contributed by atoms with Crippen LogP contribution in [0.4, 0.5) is 31.1 Å². The summed E-state index contributed by atoms with van der Waals surface area (Å²) in [6, 6.07) is 3.96. The monoisotopic (exact) mass is 468 g/mol. The van der Waals surface area contributed by atoms with Crippen molar-refractivity contribution in [3.05, 3.63) is 41.7 Å². The average Bonchev–Trinajstić information content (AvgIpc) is 3.12. The zero-order valence-corrected chi connectivity index (χ0v) is 17.1. The predicted octanol–water partition coefficient (Wildman–Crippen LogP) is 4.82. The number of hydrogen-bond acceptors (Lipinski definition) is 6. The van der Waals surface area contributed by atoms with Crippen molar-refractivity contribution in [2.75, 3.05) is 7.11 Å². The summed E-state index contributed by atoms with van der Waals surface area (Å²) in [4.78, 5) is 24.4. The number of benzene rings is 1. The summed E-state index contributed by atoms with van der Waals surface area (Å²) in [5.41, 5.74) is -6.38. The molecule has 0 fully saturated rings. The van der Waals surface area contributed by atoms with Gasteiger partial charge >= 0.3 is 24.4 Å². The highest BCUT2D eigenvalue weighted by atomic mass is 19.4. The molecule has 1 N–H and O–H groups in total. The lowest BCUT2D eigenvalue weighted by atomic mass is 9.94. The molecule has 0 aliphatic heterocycles. The van der Waals surface area contributed by atoms with E-state index in [1.807, 2.05) is 0 Å². The molecule has 0 saturated carbocycles. The van der Waals surface area contributed by atoms with Gasteiger partial charge in [0.1, 0.15) is 11.3 Å². The molecule has 1 unspecified atom stereocenters. The lowest BCUT2D eigenvalue weighted by Crippen LogP contribution is -2.62. The third-order valence-electron chi connectivity index (χ3n) is 3.99. The molecule has 0 saturated heterocycles. The van der Waals surface area contributed by atoms with E-state index < -0.39 is 46.9 Å². The van der Waals surface area contributed by atoms with Crippen LogP contribution in [0.3, 0.4) is 0 Å². The third-order valence-corrected chi connectivity index (χ3v) is 3.99. The van der Waals surface area contributed by atoms with Crippen molar-refractivity contribution >= 4 is 12.1 Å². The fourth-order valence-corrected chi connectivity index (χ4v) is 2.57. The third kappa shape index (κ3) is 5.14. The molecule has 13 heteroatoms. The number of halogens is 6. The Balaban J connectivity index is 2.55. The minimum absolute atomic E-state index is 0.0359. The van der Waals surface area contributed by atoms with E-state index in [1.165, 1.54) is 26.1 Å².